The highest BCUT2D eigenvalue weighted by molar-refractivity contribution is 5.46. The smallest absolute Gasteiger partial charge is 0.224 e. The maximum atomic E-state index is 4.82. The Kier molecular flexibility index (Phi) is 6.86. The van der Waals surface area contributed by atoms with Gasteiger partial charge in [-0.1, -0.05) is 42.0 Å². The number of allylic oxidation sites excluding steroid dienone is 1. The van der Waals surface area contributed by atoms with Gasteiger partial charge >= 0.3 is 0 Å². The molecular formula is C23H32N4. The highest BCUT2D eigenvalue weighted by Crippen LogP contribution is 2.22. The van der Waals surface area contributed by atoms with Crippen LogP contribution in [-0.4, -0.2) is 22.6 Å². The van der Waals surface area contributed by atoms with Gasteiger partial charge in [-0.05, 0) is 58.4 Å². The van der Waals surface area contributed by atoms with E-state index in [4.69, 9.17) is 4.98 Å². The third-order valence-corrected chi connectivity index (χ3v) is 5.07. The van der Waals surface area contributed by atoms with E-state index in [0.717, 1.165) is 37.0 Å². The number of nitrogens with one attached hydrogen (secondary N) is 1. The normalized spacial score (nSPS) is 14.1. The molecule has 0 unspecified atom stereocenters. The summed E-state index contributed by atoms with van der Waals surface area (Å²) in [4.78, 5) is 11.7. The van der Waals surface area contributed by atoms with Gasteiger partial charge < -0.3 is 10.2 Å². The molecule has 0 aliphatic heterocycles. The Morgan fingerprint density at radius 1 is 1.11 bits per heavy atom. The van der Waals surface area contributed by atoms with E-state index >= 15 is 0 Å². The summed E-state index contributed by atoms with van der Waals surface area (Å²) >= 11 is 0. The van der Waals surface area contributed by atoms with E-state index in [0.29, 0.717) is 6.04 Å². The molecule has 144 valence electrons. The molecule has 3 rings (SSSR count). The van der Waals surface area contributed by atoms with Crippen LogP contribution in [0.4, 0.5) is 11.8 Å². The molecule has 0 fully saturated rings. The number of benzene rings is 1. The van der Waals surface area contributed by atoms with Gasteiger partial charge in [0.1, 0.15) is 5.82 Å². The summed E-state index contributed by atoms with van der Waals surface area (Å²) in [5.74, 6) is 1.72. The average Bonchev–Trinajstić information content (AvgIpc) is 2.67. The zero-order valence-corrected chi connectivity index (χ0v) is 16.9. The van der Waals surface area contributed by atoms with Gasteiger partial charge in [0.25, 0.3) is 0 Å². The summed E-state index contributed by atoms with van der Waals surface area (Å²) in [6.45, 7) is 8.21. The number of hydrogen-bond acceptors (Lipinski definition) is 4. The fraction of sp³-hybridized carbons (Fsp3) is 0.478. The van der Waals surface area contributed by atoms with Crippen LogP contribution in [0.25, 0.3) is 0 Å². The molecule has 1 aliphatic carbocycles. The van der Waals surface area contributed by atoms with Crippen LogP contribution in [0.15, 0.2) is 48.0 Å². The minimum Gasteiger partial charge on any atom is -0.354 e. The van der Waals surface area contributed by atoms with Crippen LogP contribution < -0.4 is 10.2 Å². The molecule has 4 nitrogen and oxygen atoms in total. The van der Waals surface area contributed by atoms with Gasteiger partial charge in [-0.25, -0.2) is 4.98 Å². The quantitative estimate of drug-likeness (QED) is 0.628. The Morgan fingerprint density at radius 3 is 2.63 bits per heavy atom. The van der Waals surface area contributed by atoms with Crippen molar-refractivity contribution in [2.45, 2.75) is 65.5 Å². The molecule has 1 heterocycles. The Labute approximate surface area is 163 Å². The number of aryl methyl sites for hydroxylation is 1. The highest BCUT2D eigenvalue weighted by atomic mass is 15.2. The van der Waals surface area contributed by atoms with Crippen LogP contribution in [0.5, 0.6) is 0 Å². The van der Waals surface area contributed by atoms with Gasteiger partial charge in [-0.3, -0.25) is 0 Å². The van der Waals surface area contributed by atoms with Crippen LogP contribution in [0.3, 0.4) is 0 Å². The minimum absolute atomic E-state index is 0.361. The summed E-state index contributed by atoms with van der Waals surface area (Å²) in [7, 11) is 0. The first-order valence-electron chi connectivity index (χ1n) is 10.2. The molecule has 0 saturated heterocycles. The lowest BCUT2D eigenvalue weighted by Crippen LogP contribution is -2.31. The molecule has 1 aromatic carbocycles. The van der Waals surface area contributed by atoms with Crippen molar-refractivity contribution in [2.75, 3.05) is 16.8 Å². The van der Waals surface area contributed by atoms with Gasteiger partial charge in [-0.2, -0.15) is 4.98 Å². The van der Waals surface area contributed by atoms with E-state index in [9.17, 15) is 0 Å². The molecule has 0 saturated carbocycles. The van der Waals surface area contributed by atoms with Crippen molar-refractivity contribution in [3.05, 3.63) is 59.3 Å². The summed E-state index contributed by atoms with van der Waals surface area (Å²) in [5.41, 5.74) is 3.87. The lowest BCUT2D eigenvalue weighted by Gasteiger charge is -2.28. The molecular weight excluding hydrogens is 332 g/mol. The van der Waals surface area contributed by atoms with E-state index in [1.54, 1.807) is 5.57 Å². The predicted octanol–water partition coefficient (Wildman–Crippen LogP) is 5.50. The number of rotatable bonds is 8. The van der Waals surface area contributed by atoms with Crippen molar-refractivity contribution >= 4 is 11.8 Å². The SMILES string of the molecule is Cc1cc(N(Cc2ccccc2)C(C)C)nc(NCCC2=CCCCC2)n1. The summed E-state index contributed by atoms with van der Waals surface area (Å²) in [6.07, 6.45) is 8.66. The lowest BCUT2D eigenvalue weighted by molar-refractivity contribution is 0.669. The van der Waals surface area contributed by atoms with Crippen LogP contribution >= 0.6 is 0 Å². The van der Waals surface area contributed by atoms with Gasteiger partial charge in [0.05, 0.1) is 0 Å². The van der Waals surface area contributed by atoms with Crippen molar-refractivity contribution in [3.8, 4) is 0 Å². The van der Waals surface area contributed by atoms with Crippen LogP contribution in [0, 0.1) is 6.92 Å². The first kappa shape index (κ1) is 19.4. The van der Waals surface area contributed by atoms with Crippen molar-refractivity contribution in [3.63, 3.8) is 0 Å². The Morgan fingerprint density at radius 2 is 1.93 bits per heavy atom. The van der Waals surface area contributed by atoms with Gasteiger partial charge in [0.2, 0.25) is 5.95 Å². The van der Waals surface area contributed by atoms with Gasteiger partial charge in [-0.15, -0.1) is 0 Å². The number of anilines is 2. The standard InChI is InChI=1S/C23H32N4/c1-18(2)27(17-21-12-8-5-9-13-21)22-16-19(3)25-23(26-22)24-15-14-20-10-6-4-7-11-20/h5,8-10,12-13,16,18H,4,6-7,11,14-15,17H2,1-3H3,(H,24,25,26). The second-order valence-corrected chi connectivity index (χ2v) is 7.68. The van der Waals surface area contributed by atoms with Gasteiger partial charge in [0, 0.05) is 30.9 Å². The third kappa shape index (κ3) is 5.81. The second kappa shape index (κ2) is 9.54. The van der Waals surface area contributed by atoms with Crippen molar-refractivity contribution in [2.24, 2.45) is 0 Å². The van der Waals surface area contributed by atoms with E-state index in [2.05, 4.69) is 71.5 Å². The van der Waals surface area contributed by atoms with Crippen LogP contribution in [0.1, 0.15) is 57.2 Å². The van der Waals surface area contributed by atoms with Crippen molar-refractivity contribution in [1.29, 1.82) is 0 Å². The zero-order chi connectivity index (χ0) is 19.1. The molecule has 27 heavy (non-hydrogen) atoms. The van der Waals surface area contributed by atoms with E-state index in [1.807, 2.05) is 6.92 Å². The van der Waals surface area contributed by atoms with Crippen LogP contribution in [0.2, 0.25) is 0 Å². The Bertz CT molecular complexity index is 752. The average molecular weight is 365 g/mol. The highest BCUT2D eigenvalue weighted by Gasteiger charge is 2.15. The largest absolute Gasteiger partial charge is 0.354 e. The first-order chi connectivity index (χ1) is 13.1. The number of hydrogen-bond donors (Lipinski definition) is 1. The topological polar surface area (TPSA) is 41.1 Å². The molecule has 1 aliphatic rings. The molecule has 0 spiro atoms. The maximum absolute atomic E-state index is 4.82. The molecule has 0 radical (unpaired) electrons. The minimum atomic E-state index is 0.361. The molecule has 0 atom stereocenters. The monoisotopic (exact) mass is 364 g/mol. The first-order valence-corrected chi connectivity index (χ1v) is 10.2. The summed E-state index contributed by atoms with van der Waals surface area (Å²) < 4.78 is 0. The Hall–Kier alpha value is -2.36. The predicted molar refractivity (Wildman–Crippen MR) is 114 cm³/mol. The molecule has 2 aromatic rings. The second-order valence-electron chi connectivity index (χ2n) is 7.68. The molecule has 0 bridgehead atoms. The van der Waals surface area contributed by atoms with Gasteiger partial charge in [0.15, 0.2) is 0 Å². The lowest BCUT2D eigenvalue weighted by atomic mass is 9.97. The molecule has 1 aromatic heterocycles. The molecule has 4 heteroatoms. The van der Waals surface area contributed by atoms with Crippen LogP contribution in [-0.2, 0) is 6.54 Å². The van der Waals surface area contributed by atoms with E-state index in [-0.39, 0.29) is 0 Å². The third-order valence-electron chi connectivity index (χ3n) is 5.07. The van der Waals surface area contributed by atoms with E-state index in [1.165, 1.54) is 31.2 Å². The van der Waals surface area contributed by atoms with Crippen molar-refractivity contribution in [1.82, 2.24) is 9.97 Å². The fourth-order valence-electron chi connectivity index (χ4n) is 3.55. The summed E-state index contributed by atoms with van der Waals surface area (Å²) in [5, 5.41) is 3.44. The number of nitrogens with zero attached hydrogens (tertiary/aromatic N) is 3. The molecule has 1 N–H and O–H groups in total. The number of aromatic nitrogens is 2. The summed E-state index contributed by atoms with van der Waals surface area (Å²) in [6, 6.07) is 13.0. The van der Waals surface area contributed by atoms with Crippen molar-refractivity contribution < 1.29 is 0 Å². The van der Waals surface area contributed by atoms with E-state index < -0.39 is 0 Å². The maximum Gasteiger partial charge on any atom is 0.224 e. The fourth-order valence-corrected chi connectivity index (χ4v) is 3.55. The molecule has 0 amide bonds. The zero-order valence-electron chi connectivity index (χ0n) is 16.9. The Balaban J connectivity index is 1.69.